The van der Waals surface area contributed by atoms with Crippen molar-refractivity contribution in [3.05, 3.63) is 24.3 Å². The molecule has 0 heterocycles. The summed E-state index contributed by atoms with van der Waals surface area (Å²) in [7, 11) is -3.92. The normalized spacial score (nSPS) is 12.6. The van der Waals surface area contributed by atoms with Gasteiger partial charge in [0.2, 0.25) is 10.0 Å². The fourth-order valence-corrected chi connectivity index (χ4v) is 2.71. The Morgan fingerprint density at radius 2 is 1.82 bits per heavy atom. The van der Waals surface area contributed by atoms with Crippen LogP contribution in [0.5, 0.6) is 5.75 Å². The number of nitrogens with one attached hydrogen (secondary N) is 1. The summed E-state index contributed by atoms with van der Waals surface area (Å²) in [6.07, 6.45) is -0.666. The molecule has 1 unspecified atom stereocenters. The van der Waals surface area contributed by atoms with Crippen LogP contribution in [0.4, 0.5) is 0 Å². The van der Waals surface area contributed by atoms with Gasteiger partial charge in [0.05, 0.1) is 23.8 Å². The van der Waals surface area contributed by atoms with Gasteiger partial charge in [-0.25, -0.2) is 13.1 Å². The number of carboxylic acids is 2. The fourth-order valence-electron chi connectivity index (χ4n) is 1.63. The molecule has 122 valence electrons. The zero-order chi connectivity index (χ0) is 16.8. The van der Waals surface area contributed by atoms with E-state index in [-0.39, 0.29) is 4.90 Å². The van der Waals surface area contributed by atoms with E-state index >= 15 is 0 Å². The molecular formula is C13H17NO7S. The smallest absolute Gasteiger partial charge is 0.308 e. The summed E-state index contributed by atoms with van der Waals surface area (Å²) < 4.78 is 31.3. The maximum Gasteiger partial charge on any atom is 0.308 e. The zero-order valence-corrected chi connectivity index (χ0v) is 12.7. The van der Waals surface area contributed by atoms with Gasteiger partial charge in [0, 0.05) is 6.54 Å². The van der Waals surface area contributed by atoms with E-state index in [1.807, 2.05) is 0 Å². The quantitative estimate of drug-likeness (QED) is 0.602. The van der Waals surface area contributed by atoms with Crippen LogP contribution >= 0.6 is 0 Å². The van der Waals surface area contributed by atoms with Crippen LogP contribution in [0.3, 0.4) is 0 Å². The van der Waals surface area contributed by atoms with Gasteiger partial charge in [-0.05, 0) is 31.2 Å². The first-order valence-corrected chi connectivity index (χ1v) is 7.91. The predicted octanol–water partition coefficient (Wildman–Crippen LogP) is 0.539. The minimum atomic E-state index is -3.92. The minimum absolute atomic E-state index is 0.0598. The maximum atomic E-state index is 12.0. The summed E-state index contributed by atoms with van der Waals surface area (Å²) in [5, 5.41) is 17.5. The van der Waals surface area contributed by atoms with Crippen molar-refractivity contribution in [2.75, 3.05) is 13.2 Å². The lowest BCUT2D eigenvalue weighted by molar-refractivity contribution is -0.147. The topological polar surface area (TPSA) is 130 Å². The molecule has 9 heteroatoms. The van der Waals surface area contributed by atoms with Crippen molar-refractivity contribution >= 4 is 22.0 Å². The number of carbonyl (C=O) groups is 2. The number of rotatable bonds is 9. The number of aliphatic carboxylic acids is 2. The number of hydrogen-bond donors (Lipinski definition) is 3. The van der Waals surface area contributed by atoms with Crippen LogP contribution in [-0.4, -0.2) is 43.7 Å². The van der Waals surface area contributed by atoms with E-state index in [1.54, 1.807) is 6.92 Å². The number of benzene rings is 1. The van der Waals surface area contributed by atoms with Gasteiger partial charge < -0.3 is 14.9 Å². The van der Waals surface area contributed by atoms with Crippen molar-refractivity contribution in [1.82, 2.24) is 4.72 Å². The third-order valence-corrected chi connectivity index (χ3v) is 4.17. The van der Waals surface area contributed by atoms with E-state index in [0.29, 0.717) is 12.4 Å². The highest BCUT2D eigenvalue weighted by atomic mass is 32.2. The van der Waals surface area contributed by atoms with Gasteiger partial charge in [-0.1, -0.05) is 0 Å². The van der Waals surface area contributed by atoms with Gasteiger partial charge >= 0.3 is 11.9 Å². The Kier molecular flexibility index (Phi) is 6.32. The second kappa shape index (κ2) is 7.76. The molecule has 0 saturated heterocycles. The van der Waals surface area contributed by atoms with E-state index in [0.717, 1.165) is 0 Å². The lowest BCUT2D eigenvalue weighted by Crippen LogP contribution is -2.34. The summed E-state index contributed by atoms with van der Waals surface area (Å²) >= 11 is 0. The average Bonchev–Trinajstić information content (AvgIpc) is 2.44. The molecule has 1 aromatic carbocycles. The van der Waals surface area contributed by atoms with Crippen LogP contribution < -0.4 is 9.46 Å². The Morgan fingerprint density at radius 1 is 1.23 bits per heavy atom. The molecular weight excluding hydrogens is 314 g/mol. The Labute approximate surface area is 127 Å². The first kappa shape index (κ1) is 17.9. The molecule has 1 aromatic rings. The van der Waals surface area contributed by atoms with Crippen molar-refractivity contribution < 1.29 is 33.0 Å². The second-order valence-corrected chi connectivity index (χ2v) is 6.16. The van der Waals surface area contributed by atoms with Gasteiger partial charge in [-0.3, -0.25) is 9.59 Å². The number of carboxylic acid groups (broad SMARTS) is 2. The van der Waals surface area contributed by atoms with Gasteiger partial charge in [-0.2, -0.15) is 0 Å². The SMILES string of the molecule is CCOc1ccc(S(=O)(=O)NCC(CC(=O)O)C(=O)O)cc1. The van der Waals surface area contributed by atoms with Gasteiger partial charge in [-0.15, -0.1) is 0 Å². The molecule has 1 rings (SSSR count). The standard InChI is InChI=1S/C13H17NO7S/c1-2-21-10-3-5-11(6-4-10)22(19,20)14-8-9(13(17)18)7-12(15)16/h3-6,9,14H,2,7-8H2,1H3,(H,15,16)(H,17,18). The Morgan fingerprint density at radius 3 is 2.27 bits per heavy atom. The van der Waals surface area contributed by atoms with Crippen LogP contribution in [0.1, 0.15) is 13.3 Å². The van der Waals surface area contributed by atoms with E-state index in [2.05, 4.69) is 4.72 Å². The molecule has 0 aliphatic heterocycles. The van der Waals surface area contributed by atoms with E-state index in [1.165, 1.54) is 24.3 Å². The van der Waals surface area contributed by atoms with Crippen LogP contribution in [-0.2, 0) is 19.6 Å². The lowest BCUT2D eigenvalue weighted by Gasteiger charge is -2.12. The number of sulfonamides is 1. The molecule has 0 spiro atoms. The zero-order valence-electron chi connectivity index (χ0n) is 11.9. The van der Waals surface area contributed by atoms with Gasteiger partial charge in [0.15, 0.2) is 0 Å². The van der Waals surface area contributed by atoms with E-state index in [4.69, 9.17) is 14.9 Å². The Bertz CT molecular complexity index is 624. The highest BCUT2D eigenvalue weighted by molar-refractivity contribution is 7.89. The Hall–Kier alpha value is -2.13. The second-order valence-electron chi connectivity index (χ2n) is 4.39. The average molecular weight is 331 g/mol. The first-order valence-electron chi connectivity index (χ1n) is 6.43. The number of hydrogen-bond acceptors (Lipinski definition) is 5. The molecule has 0 amide bonds. The molecule has 22 heavy (non-hydrogen) atoms. The van der Waals surface area contributed by atoms with E-state index < -0.39 is 40.8 Å². The van der Waals surface area contributed by atoms with Gasteiger partial charge in [0.1, 0.15) is 5.75 Å². The Balaban J connectivity index is 2.77. The summed E-state index contributed by atoms with van der Waals surface area (Å²) in [5.74, 6) is -3.52. The molecule has 0 radical (unpaired) electrons. The highest BCUT2D eigenvalue weighted by Crippen LogP contribution is 2.16. The third-order valence-electron chi connectivity index (χ3n) is 2.74. The van der Waals surface area contributed by atoms with E-state index in [9.17, 15) is 18.0 Å². The predicted molar refractivity (Wildman–Crippen MR) is 76.2 cm³/mol. The van der Waals surface area contributed by atoms with Crippen molar-refractivity contribution in [3.63, 3.8) is 0 Å². The highest BCUT2D eigenvalue weighted by Gasteiger charge is 2.24. The number of ether oxygens (including phenoxy) is 1. The largest absolute Gasteiger partial charge is 0.494 e. The lowest BCUT2D eigenvalue weighted by atomic mass is 10.1. The van der Waals surface area contributed by atoms with Crippen LogP contribution in [0.25, 0.3) is 0 Å². The molecule has 8 nitrogen and oxygen atoms in total. The minimum Gasteiger partial charge on any atom is -0.494 e. The van der Waals surface area contributed by atoms with Crippen LogP contribution in [0.15, 0.2) is 29.2 Å². The molecule has 0 aromatic heterocycles. The first-order chi connectivity index (χ1) is 10.3. The monoisotopic (exact) mass is 331 g/mol. The van der Waals surface area contributed by atoms with Gasteiger partial charge in [0.25, 0.3) is 0 Å². The molecule has 0 aliphatic carbocycles. The van der Waals surface area contributed by atoms with Crippen molar-refractivity contribution in [2.45, 2.75) is 18.2 Å². The molecule has 1 atom stereocenters. The molecule has 0 aliphatic rings. The van der Waals surface area contributed by atoms with Crippen LogP contribution in [0, 0.1) is 5.92 Å². The van der Waals surface area contributed by atoms with Crippen molar-refractivity contribution in [3.8, 4) is 5.75 Å². The summed E-state index contributed by atoms with van der Waals surface area (Å²) in [6.45, 7) is 1.73. The summed E-state index contributed by atoms with van der Waals surface area (Å²) in [6, 6.07) is 5.59. The molecule has 3 N–H and O–H groups in total. The maximum absolute atomic E-state index is 12.0. The molecule has 0 bridgehead atoms. The fraction of sp³-hybridized carbons (Fsp3) is 0.385. The molecule has 0 saturated carbocycles. The summed E-state index contributed by atoms with van der Waals surface area (Å²) in [5.41, 5.74) is 0. The molecule has 0 fully saturated rings. The van der Waals surface area contributed by atoms with Crippen molar-refractivity contribution in [1.29, 1.82) is 0 Å². The summed E-state index contributed by atoms with van der Waals surface area (Å²) in [4.78, 5) is 21.4. The van der Waals surface area contributed by atoms with Crippen LogP contribution in [0.2, 0.25) is 0 Å². The third kappa shape index (κ3) is 5.34. The van der Waals surface area contributed by atoms with Crippen molar-refractivity contribution in [2.24, 2.45) is 5.92 Å².